The second-order valence-corrected chi connectivity index (χ2v) is 4.65. The van der Waals surface area contributed by atoms with Gasteiger partial charge in [-0.1, -0.05) is 5.16 Å². The van der Waals surface area contributed by atoms with Crippen molar-refractivity contribution < 1.29 is 9.32 Å². The first-order chi connectivity index (χ1) is 7.61. The number of carbonyl (C=O) groups is 1. The Morgan fingerprint density at radius 3 is 3.00 bits per heavy atom. The number of ketones is 1. The van der Waals surface area contributed by atoms with E-state index in [4.69, 9.17) is 4.52 Å². The number of rotatable bonds is 3. The lowest BCUT2D eigenvalue weighted by molar-refractivity contribution is 0.101. The summed E-state index contributed by atoms with van der Waals surface area (Å²) in [6, 6.07) is 0.693. The van der Waals surface area contributed by atoms with Gasteiger partial charge >= 0.3 is 0 Å². The van der Waals surface area contributed by atoms with Gasteiger partial charge in [0, 0.05) is 6.04 Å². The summed E-state index contributed by atoms with van der Waals surface area (Å²) in [4.78, 5) is 13.8. The summed E-state index contributed by atoms with van der Waals surface area (Å²) in [5, 5.41) is 3.76. The molecule has 0 spiro atoms. The van der Waals surface area contributed by atoms with Crippen molar-refractivity contribution in [2.75, 3.05) is 6.54 Å². The summed E-state index contributed by atoms with van der Waals surface area (Å²) in [5.41, 5.74) is 0.637. The van der Waals surface area contributed by atoms with Crippen LogP contribution in [0.1, 0.15) is 55.8 Å². The topological polar surface area (TPSA) is 46.3 Å². The van der Waals surface area contributed by atoms with E-state index in [1.807, 2.05) is 0 Å². The van der Waals surface area contributed by atoms with Gasteiger partial charge in [0.15, 0.2) is 11.5 Å². The number of aromatic nitrogens is 1. The fourth-order valence-electron chi connectivity index (χ4n) is 2.44. The number of carbonyl (C=O) groups excluding carboxylic acids is 1. The molecule has 1 aromatic rings. The van der Waals surface area contributed by atoms with Gasteiger partial charge in [0.1, 0.15) is 0 Å². The Kier molecular flexibility index (Phi) is 3.10. The highest BCUT2D eigenvalue weighted by atomic mass is 16.5. The van der Waals surface area contributed by atoms with Crippen LogP contribution in [0.5, 0.6) is 0 Å². The Balaban J connectivity index is 2.29. The molecule has 16 heavy (non-hydrogen) atoms. The van der Waals surface area contributed by atoms with Gasteiger partial charge in [0.2, 0.25) is 0 Å². The first kappa shape index (κ1) is 11.3. The van der Waals surface area contributed by atoms with Gasteiger partial charge in [-0.05, 0) is 40.2 Å². The third-order valence-corrected chi connectivity index (χ3v) is 3.24. The zero-order chi connectivity index (χ0) is 11.7. The van der Waals surface area contributed by atoms with Crippen molar-refractivity contribution in [3.05, 3.63) is 17.5 Å². The maximum Gasteiger partial charge on any atom is 0.165 e. The summed E-state index contributed by atoms with van der Waals surface area (Å²) in [6.45, 7) is 6.97. The Morgan fingerprint density at radius 1 is 1.62 bits per heavy atom. The molecule has 0 amide bonds. The van der Waals surface area contributed by atoms with E-state index in [9.17, 15) is 4.79 Å². The molecular formula is C12H18N2O2. The lowest BCUT2D eigenvalue weighted by atomic mass is 10.1. The molecule has 4 nitrogen and oxygen atoms in total. The fraction of sp³-hybridized carbons (Fsp3) is 0.667. The molecule has 1 atom stereocenters. The third-order valence-electron chi connectivity index (χ3n) is 3.24. The average molecular weight is 222 g/mol. The molecule has 0 saturated carbocycles. The monoisotopic (exact) mass is 222 g/mol. The molecule has 4 heteroatoms. The predicted octanol–water partition coefficient (Wildman–Crippen LogP) is 2.42. The second kappa shape index (κ2) is 4.37. The van der Waals surface area contributed by atoms with Crippen molar-refractivity contribution in [2.45, 2.75) is 45.7 Å². The minimum Gasteiger partial charge on any atom is -0.359 e. The lowest BCUT2D eigenvalue weighted by Crippen LogP contribution is -2.30. The minimum atomic E-state index is 0.0341. The molecule has 0 bridgehead atoms. The summed E-state index contributed by atoms with van der Waals surface area (Å²) in [5.74, 6) is 0.783. The highest BCUT2D eigenvalue weighted by Gasteiger charge is 2.33. The Labute approximate surface area is 95.6 Å². The van der Waals surface area contributed by atoms with E-state index in [1.165, 1.54) is 6.20 Å². The number of hydrogen-bond donors (Lipinski definition) is 0. The predicted molar refractivity (Wildman–Crippen MR) is 60.3 cm³/mol. The van der Waals surface area contributed by atoms with Crippen LogP contribution in [0, 0.1) is 0 Å². The van der Waals surface area contributed by atoms with E-state index in [1.54, 1.807) is 6.92 Å². The molecular weight excluding hydrogens is 204 g/mol. The molecule has 1 aromatic heterocycles. The van der Waals surface area contributed by atoms with Crippen LogP contribution in [0.3, 0.4) is 0 Å². The van der Waals surface area contributed by atoms with E-state index < -0.39 is 0 Å². The maximum absolute atomic E-state index is 11.4. The number of hydrogen-bond acceptors (Lipinski definition) is 4. The first-order valence-electron chi connectivity index (χ1n) is 5.82. The van der Waals surface area contributed by atoms with E-state index in [0.29, 0.717) is 11.6 Å². The van der Waals surface area contributed by atoms with E-state index in [2.05, 4.69) is 23.9 Å². The normalized spacial score (nSPS) is 21.9. The van der Waals surface area contributed by atoms with Crippen LogP contribution in [0.25, 0.3) is 0 Å². The average Bonchev–Trinajstić information content (AvgIpc) is 2.85. The minimum absolute atomic E-state index is 0.0341. The van der Waals surface area contributed by atoms with Crippen molar-refractivity contribution in [3.63, 3.8) is 0 Å². The van der Waals surface area contributed by atoms with Crippen LogP contribution in [-0.4, -0.2) is 28.4 Å². The van der Waals surface area contributed by atoms with Crippen LogP contribution in [0.2, 0.25) is 0 Å². The van der Waals surface area contributed by atoms with Crippen LogP contribution >= 0.6 is 0 Å². The van der Waals surface area contributed by atoms with Gasteiger partial charge < -0.3 is 4.52 Å². The van der Waals surface area contributed by atoms with Crippen LogP contribution < -0.4 is 0 Å². The summed E-state index contributed by atoms with van der Waals surface area (Å²) >= 11 is 0. The molecule has 1 fully saturated rings. The Hall–Kier alpha value is -1.16. The number of likely N-dealkylation sites (tertiary alicyclic amines) is 1. The number of Topliss-reactive ketones (excluding diaryl/α,β-unsaturated/α-hetero) is 1. The van der Waals surface area contributed by atoms with E-state index >= 15 is 0 Å². The van der Waals surface area contributed by atoms with Gasteiger partial charge in [-0.3, -0.25) is 9.69 Å². The molecule has 1 aliphatic heterocycles. The lowest BCUT2D eigenvalue weighted by Gasteiger charge is -2.26. The van der Waals surface area contributed by atoms with E-state index in [-0.39, 0.29) is 11.8 Å². The maximum atomic E-state index is 11.4. The highest BCUT2D eigenvalue weighted by molar-refractivity contribution is 5.94. The number of nitrogens with zero attached hydrogens (tertiary/aromatic N) is 2. The van der Waals surface area contributed by atoms with Crippen molar-refractivity contribution >= 4 is 5.78 Å². The second-order valence-electron chi connectivity index (χ2n) is 4.65. The van der Waals surface area contributed by atoms with Gasteiger partial charge in [0.25, 0.3) is 0 Å². The summed E-state index contributed by atoms with van der Waals surface area (Å²) < 4.78 is 5.28. The Morgan fingerprint density at radius 2 is 2.38 bits per heavy atom. The van der Waals surface area contributed by atoms with Crippen molar-refractivity contribution in [1.29, 1.82) is 0 Å². The van der Waals surface area contributed by atoms with Crippen LogP contribution in [0.15, 0.2) is 10.7 Å². The molecule has 2 heterocycles. The van der Waals surface area contributed by atoms with Crippen molar-refractivity contribution in [3.8, 4) is 0 Å². The molecule has 0 radical (unpaired) electrons. The molecule has 1 aliphatic rings. The van der Waals surface area contributed by atoms with Gasteiger partial charge in [-0.2, -0.15) is 0 Å². The SMILES string of the molecule is CC(=O)c1cnoc1C1CCCN1C(C)C. The third kappa shape index (κ3) is 1.89. The first-order valence-corrected chi connectivity index (χ1v) is 5.82. The zero-order valence-electron chi connectivity index (χ0n) is 10.1. The molecule has 1 unspecified atom stereocenters. The Bertz CT molecular complexity index is 384. The van der Waals surface area contributed by atoms with Gasteiger partial charge in [0.05, 0.1) is 17.8 Å². The molecule has 0 aromatic carbocycles. The molecule has 0 N–H and O–H groups in total. The molecule has 88 valence electrons. The molecule has 2 rings (SSSR count). The summed E-state index contributed by atoms with van der Waals surface area (Å²) in [6.07, 6.45) is 3.74. The standard InChI is InChI=1S/C12H18N2O2/c1-8(2)14-6-4-5-11(14)12-10(9(3)15)7-13-16-12/h7-8,11H,4-6H2,1-3H3. The highest BCUT2D eigenvalue weighted by Crippen LogP contribution is 2.35. The zero-order valence-corrected chi connectivity index (χ0v) is 10.1. The quantitative estimate of drug-likeness (QED) is 0.737. The smallest absolute Gasteiger partial charge is 0.165 e. The fourth-order valence-corrected chi connectivity index (χ4v) is 2.44. The van der Waals surface area contributed by atoms with Crippen LogP contribution in [0.4, 0.5) is 0 Å². The van der Waals surface area contributed by atoms with Crippen molar-refractivity contribution in [1.82, 2.24) is 10.1 Å². The van der Waals surface area contributed by atoms with Gasteiger partial charge in [-0.25, -0.2) is 0 Å². The van der Waals surface area contributed by atoms with Crippen LogP contribution in [-0.2, 0) is 0 Å². The molecule has 1 saturated heterocycles. The largest absolute Gasteiger partial charge is 0.359 e. The molecule has 0 aliphatic carbocycles. The van der Waals surface area contributed by atoms with E-state index in [0.717, 1.165) is 25.1 Å². The van der Waals surface area contributed by atoms with Crippen molar-refractivity contribution in [2.24, 2.45) is 0 Å². The van der Waals surface area contributed by atoms with Gasteiger partial charge in [-0.15, -0.1) is 0 Å². The summed E-state index contributed by atoms with van der Waals surface area (Å²) in [7, 11) is 0.